The summed E-state index contributed by atoms with van der Waals surface area (Å²) in [4.78, 5) is 10.6. The van der Waals surface area contributed by atoms with Crippen molar-refractivity contribution < 1.29 is 9.90 Å². The SMILES string of the molecule is O=C(O)CCC1C2CCCCC1CCC2. The van der Waals surface area contributed by atoms with Gasteiger partial charge in [0.1, 0.15) is 0 Å². The lowest BCUT2D eigenvalue weighted by Crippen LogP contribution is -2.27. The number of hydrogen-bond donors (Lipinski definition) is 1. The fraction of sp³-hybridized carbons (Fsp3) is 0.923. The highest BCUT2D eigenvalue weighted by atomic mass is 16.4. The quantitative estimate of drug-likeness (QED) is 0.774. The van der Waals surface area contributed by atoms with E-state index in [9.17, 15) is 4.79 Å². The Hall–Kier alpha value is -0.530. The minimum absolute atomic E-state index is 0.387. The van der Waals surface area contributed by atoms with Gasteiger partial charge >= 0.3 is 5.97 Å². The van der Waals surface area contributed by atoms with Crippen molar-refractivity contribution in [2.45, 2.75) is 57.8 Å². The fourth-order valence-corrected chi connectivity index (χ4v) is 3.75. The molecule has 0 aromatic carbocycles. The molecule has 0 amide bonds. The second-order valence-corrected chi connectivity index (χ2v) is 5.33. The van der Waals surface area contributed by atoms with Gasteiger partial charge in [0.05, 0.1) is 0 Å². The van der Waals surface area contributed by atoms with E-state index in [1.165, 1.54) is 44.9 Å². The van der Waals surface area contributed by atoms with E-state index in [0.29, 0.717) is 6.42 Å². The molecule has 86 valence electrons. The molecule has 2 atom stereocenters. The Morgan fingerprint density at radius 1 is 1.00 bits per heavy atom. The van der Waals surface area contributed by atoms with Crippen molar-refractivity contribution in [3.05, 3.63) is 0 Å². The lowest BCUT2D eigenvalue weighted by molar-refractivity contribution is -0.137. The zero-order valence-electron chi connectivity index (χ0n) is 9.45. The third-order valence-corrected chi connectivity index (χ3v) is 4.45. The van der Waals surface area contributed by atoms with Gasteiger partial charge in [0, 0.05) is 6.42 Å². The highest BCUT2D eigenvalue weighted by Crippen LogP contribution is 2.44. The molecule has 2 saturated carbocycles. The van der Waals surface area contributed by atoms with Crippen LogP contribution in [0.3, 0.4) is 0 Å². The second kappa shape index (κ2) is 5.00. The fourth-order valence-electron chi connectivity index (χ4n) is 3.75. The van der Waals surface area contributed by atoms with E-state index in [4.69, 9.17) is 5.11 Å². The molecule has 15 heavy (non-hydrogen) atoms. The Kier molecular flexibility index (Phi) is 3.66. The molecule has 1 N–H and O–H groups in total. The molecule has 2 heteroatoms. The first-order chi connectivity index (χ1) is 7.27. The third kappa shape index (κ3) is 2.73. The number of hydrogen-bond acceptors (Lipinski definition) is 1. The Morgan fingerprint density at radius 2 is 1.53 bits per heavy atom. The van der Waals surface area contributed by atoms with E-state index >= 15 is 0 Å². The van der Waals surface area contributed by atoms with E-state index < -0.39 is 5.97 Å². The molecule has 0 aromatic rings. The molecule has 2 nitrogen and oxygen atoms in total. The Labute approximate surface area is 92.1 Å². The maximum atomic E-state index is 10.6. The van der Waals surface area contributed by atoms with Gasteiger partial charge in [0.25, 0.3) is 0 Å². The number of rotatable bonds is 3. The maximum absolute atomic E-state index is 10.6. The topological polar surface area (TPSA) is 37.3 Å². The van der Waals surface area contributed by atoms with Crippen molar-refractivity contribution in [3.63, 3.8) is 0 Å². The molecular formula is C13H22O2. The zero-order chi connectivity index (χ0) is 10.7. The standard InChI is InChI=1S/C13H22O2/c14-13(15)9-8-12-10-4-1-2-5-11(12)7-3-6-10/h10-12H,1-9H2,(H,14,15). The second-order valence-electron chi connectivity index (χ2n) is 5.33. The average Bonchev–Trinajstić information content (AvgIpc) is 2.33. The van der Waals surface area contributed by atoms with Crippen LogP contribution >= 0.6 is 0 Å². The van der Waals surface area contributed by atoms with Crippen molar-refractivity contribution in [1.82, 2.24) is 0 Å². The van der Waals surface area contributed by atoms with E-state index in [1.54, 1.807) is 0 Å². The minimum Gasteiger partial charge on any atom is -0.481 e. The monoisotopic (exact) mass is 210 g/mol. The van der Waals surface area contributed by atoms with Gasteiger partial charge in [-0.25, -0.2) is 0 Å². The molecule has 2 unspecified atom stereocenters. The zero-order valence-corrected chi connectivity index (χ0v) is 9.45. The predicted molar refractivity (Wildman–Crippen MR) is 59.7 cm³/mol. The summed E-state index contributed by atoms with van der Waals surface area (Å²) in [5.74, 6) is 1.82. The van der Waals surface area contributed by atoms with Gasteiger partial charge < -0.3 is 5.11 Å². The van der Waals surface area contributed by atoms with Crippen LogP contribution in [-0.4, -0.2) is 11.1 Å². The first kappa shape index (κ1) is 11.0. The number of carboxylic acids is 1. The Bertz CT molecular complexity index is 211. The van der Waals surface area contributed by atoms with Crippen LogP contribution in [0.4, 0.5) is 0 Å². The lowest BCUT2D eigenvalue weighted by Gasteiger charge is -2.36. The summed E-state index contributed by atoms with van der Waals surface area (Å²) in [6, 6.07) is 0. The van der Waals surface area contributed by atoms with Crippen LogP contribution in [0.5, 0.6) is 0 Å². The van der Waals surface area contributed by atoms with Gasteiger partial charge in [-0.05, 0) is 24.2 Å². The molecule has 2 aliphatic carbocycles. The Balaban J connectivity index is 1.96. The lowest BCUT2D eigenvalue weighted by atomic mass is 9.69. The van der Waals surface area contributed by atoms with Gasteiger partial charge in [0.15, 0.2) is 0 Å². The number of carbonyl (C=O) groups is 1. The van der Waals surface area contributed by atoms with Crippen molar-refractivity contribution in [2.75, 3.05) is 0 Å². The molecule has 0 aliphatic heterocycles. The minimum atomic E-state index is -0.614. The van der Waals surface area contributed by atoms with E-state index in [0.717, 1.165) is 24.2 Å². The summed E-state index contributed by atoms with van der Waals surface area (Å²) < 4.78 is 0. The van der Waals surface area contributed by atoms with Gasteiger partial charge in [-0.2, -0.15) is 0 Å². The summed E-state index contributed by atoms with van der Waals surface area (Å²) in [6.07, 6.45) is 10.9. The van der Waals surface area contributed by atoms with Crippen LogP contribution in [-0.2, 0) is 4.79 Å². The van der Waals surface area contributed by atoms with Gasteiger partial charge in [-0.1, -0.05) is 44.9 Å². The molecule has 2 aliphatic rings. The van der Waals surface area contributed by atoms with Gasteiger partial charge in [0.2, 0.25) is 0 Å². The smallest absolute Gasteiger partial charge is 0.303 e. The summed E-state index contributed by atoms with van der Waals surface area (Å²) in [7, 11) is 0. The normalized spacial score (nSPS) is 35.9. The molecule has 2 rings (SSSR count). The highest BCUT2D eigenvalue weighted by Gasteiger charge is 2.34. The third-order valence-electron chi connectivity index (χ3n) is 4.45. The largest absolute Gasteiger partial charge is 0.481 e. The average molecular weight is 210 g/mol. The van der Waals surface area contributed by atoms with Crippen LogP contribution < -0.4 is 0 Å². The molecule has 0 heterocycles. The van der Waals surface area contributed by atoms with E-state index in [2.05, 4.69) is 0 Å². The molecule has 2 fully saturated rings. The van der Waals surface area contributed by atoms with Crippen LogP contribution in [0.25, 0.3) is 0 Å². The molecular weight excluding hydrogens is 188 g/mol. The molecule has 0 saturated heterocycles. The first-order valence-electron chi connectivity index (χ1n) is 6.49. The van der Waals surface area contributed by atoms with Crippen LogP contribution in [0.15, 0.2) is 0 Å². The van der Waals surface area contributed by atoms with E-state index in [-0.39, 0.29) is 0 Å². The highest BCUT2D eigenvalue weighted by molar-refractivity contribution is 5.66. The molecule has 0 aromatic heterocycles. The summed E-state index contributed by atoms with van der Waals surface area (Å²) in [6.45, 7) is 0. The van der Waals surface area contributed by atoms with Crippen molar-refractivity contribution in [3.8, 4) is 0 Å². The molecule has 0 spiro atoms. The van der Waals surface area contributed by atoms with Crippen molar-refractivity contribution in [1.29, 1.82) is 0 Å². The molecule has 2 bridgehead atoms. The maximum Gasteiger partial charge on any atom is 0.303 e. The Morgan fingerprint density at radius 3 is 2.07 bits per heavy atom. The number of fused-ring (bicyclic) bond motifs is 2. The van der Waals surface area contributed by atoms with Crippen LogP contribution in [0.1, 0.15) is 57.8 Å². The summed E-state index contributed by atoms with van der Waals surface area (Å²) in [5.41, 5.74) is 0. The van der Waals surface area contributed by atoms with Crippen LogP contribution in [0, 0.1) is 17.8 Å². The van der Waals surface area contributed by atoms with Crippen LogP contribution in [0.2, 0.25) is 0 Å². The number of aliphatic carboxylic acids is 1. The summed E-state index contributed by atoms with van der Waals surface area (Å²) in [5, 5.41) is 8.78. The summed E-state index contributed by atoms with van der Waals surface area (Å²) >= 11 is 0. The van der Waals surface area contributed by atoms with E-state index in [1.807, 2.05) is 0 Å². The van der Waals surface area contributed by atoms with Crippen molar-refractivity contribution in [2.24, 2.45) is 17.8 Å². The van der Waals surface area contributed by atoms with Gasteiger partial charge in [-0.3, -0.25) is 4.79 Å². The van der Waals surface area contributed by atoms with Gasteiger partial charge in [-0.15, -0.1) is 0 Å². The number of carboxylic acid groups (broad SMARTS) is 1. The molecule has 0 radical (unpaired) electrons. The first-order valence-corrected chi connectivity index (χ1v) is 6.49. The van der Waals surface area contributed by atoms with Crippen molar-refractivity contribution >= 4 is 5.97 Å². The predicted octanol–water partition coefficient (Wildman–Crippen LogP) is 3.46.